The largest absolute Gasteiger partial charge is 0.378 e. The maximum absolute atomic E-state index is 12.0. The maximum Gasteiger partial charge on any atom is 0.252 e. The molecule has 0 unspecified atom stereocenters. The number of nitrogens with zero attached hydrogens (tertiary/aromatic N) is 1. The number of para-hydroxylation sites is 1. The third-order valence-corrected chi connectivity index (χ3v) is 8.53. The van der Waals surface area contributed by atoms with E-state index in [9.17, 15) is 19.2 Å². The molecule has 0 saturated carbocycles. The highest BCUT2D eigenvalue weighted by atomic mass is 32.1. The molecule has 0 atom stereocenters. The Morgan fingerprint density at radius 2 is 0.922 bits per heavy atom. The highest BCUT2D eigenvalue weighted by Gasteiger charge is 2.09. The summed E-state index contributed by atoms with van der Waals surface area (Å²) in [6.07, 6.45) is 6.02. The normalized spacial score (nSPS) is 10.3. The van der Waals surface area contributed by atoms with E-state index in [0.29, 0.717) is 46.8 Å². The SMILES string of the molecule is CN(C)c1ccc(NC(=O)CCCCCNC(=O)c2ccccc2S)cc1.O=C(CCCCCNC(=O)c1ccccc1S)Nc1ccccc1. The van der Waals surface area contributed by atoms with E-state index in [1.807, 2.05) is 97.9 Å². The summed E-state index contributed by atoms with van der Waals surface area (Å²) in [5.74, 6) is -0.184. The fourth-order valence-corrected chi connectivity index (χ4v) is 5.44. The number of anilines is 3. The Bertz CT molecular complexity index is 1680. The van der Waals surface area contributed by atoms with Crippen LogP contribution in [0.3, 0.4) is 0 Å². The monoisotopic (exact) mass is 727 g/mol. The lowest BCUT2D eigenvalue weighted by Crippen LogP contribution is -2.24. The van der Waals surface area contributed by atoms with Crippen molar-refractivity contribution in [1.82, 2.24) is 10.6 Å². The van der Waals surface area contributed by atoms with E-state index in [1.165, 1.54) is 0 Å². The zero-order chi connectivity index (χ0) is 36.8. The van der Waals surface area contributed by atoms with Gasteiger partial charge in [0, 0.05) is 66.9 Å². The molecule has 4 aromatic carbocycles. The van der Waals surface area contributed by atoms with Crippen LogP contribution in [0.5, 0.6) is 0 Å². The van der Waals surface area contributed by atoms with E-state index >= 15 is 0 Å². The average molecular weight is 728 g/mol. The first-order valence-electron chi connectivity index (χ1n) is 17.2. The zero-order valence-corrected chi connectivity index (χ0v) is 31.1. The Morgan fingerprint density at radius 3 is 1.35 bits per heavy atom. The molecule has 4 amide bonds. The fourth-order valence-electron chi connectivity index (χ4n) is 4.91. The minimum Gasteiger partial charge on any atom is -0.378 e. The average Bonchev–Trinajstić information content (AvgIpc) is 3.12. The molecule has 0 aromatic heterocycles. The van der Waals surface area contributed by atoms with Crippen molar-refractivity contribution >= 4 is 65.9 Å². The van der Waals surface area contributed by atoms with Crippen molar-refractivity contribution in [3.8, 4) is 0 Å². The van der Waals surface area contributed by atoms with Crippen molar-refractivity contribution in [3.63, 3.8) is 0 Å². The van der Waals surface area contributed by atoms with Crippen LogP contribution in [-0.4, -0.2) is 50.8 Å². The number of amides is 4. The quantitative estimate of drug-likeness (QED) is 0.0489. The zero-order valence-electron chi connectivity index (χ0n) is 29.4. The molecule has 0 spiro atoms. The van der Waals surface area contributed by atoms with Crippen LogP contribution in [0, 0.1) is 0 Å². The van der Waals surface area contributed by atoms with Crippen LogP contribution < -0.4 is 26.2 Å². The maximum atomic E-state index is 12.0. The summed E-state index contributed by atoms with van der Waals surface area (Å²) in [5.41, 5.74) is 3.89. The van der Waals surface area contributed by atoms with Crippen molar-refractivity contribution in [3.05, 3.63) is 114 Å². The summed E-state index contributed by atoms with van der Waals surface area (Å²) in [5, 5.41) is 11.5. The molecule has 0 fully saturated rings. The smallest absolute Gasteiger partial charge is 0.252 e. The third kappa shape index (κ3) is 15.8. The Morgan fingerprint density at radius 1 is 0.510 bits per heavy atom. The van der Waals surface area contributed by atoms with Gasteiger partial charge in [-0.15, -0.1) is 25.3 Å². The Hall–Kier alpha value is -4.74. The van der Waals surface area contributed by atoms with Gasteiger partial charge in [-0.2, -0.15) is 0 Å². The summed E-state index contributed by atoms with van der Waals surface area (Å²) in [7, 11) is 3.96. The molecule has 0 aliphatic carbocycles. The molecule has 0 bridgehead atoms. The molecule has 0 aliphatic rings. The topological polar surface area (TPSA) is 120 Å². The van der Waals surface area contributed by atoms with E-state index in [2.05, 4.69) is 46.5 Å². The molecule has 0 aliphatic heterocycles. The van der Waals surface area contributed by atoms with E-state index in [-0.39, 0.29) is 23.6 Å². The Balaban J connectivity index is 0.000000277. The molecule has 4 N–H and O–H groups in total. The van der Waals surface area contributed by atoms with Gasteiger partial charge >= 0.3 is 0 Å². The van der Waals surface area contributed by atoms with Gasteiger partial charge in [0.1, 0.15) is 0 Å². The number of thiol groups is 2. The van der Waals surface area contributed by atoms with Gasteiger partial charge in [-0.25, -0.2) is 0 Å². The molecule has 4 aromatic rings. The van der Waals surface area contributed by atoms with Crippen molar-refractivity contribution in [2.75, 3.05) is 42.7 Å². The second-order valence-corrected chi connectivity index (χ2v) is 13.0. The fraction of sp³-hybridized carbons (Fsp3) is 0.300. The minimum absolute atomic E-state index is 0.0145. The van der Waals surface area contributed by atoms with Gasteiger partial charge < -0.3 is 26.2 Å². The third-order valence-electron chi connectivity index (χ3n) is 7.75. The second kappa shape index (κ2) is 22.9. The van der Waals surface area contributed by atoms with Crippen LogP contribution in [-0.2, 0) is 9.59 Å². The summed E-state index contributed by atoms with van der Waals surface area (Å²) < 4.78 is 0. The van der Waals surface area contributed by atoms with Crippen molar-refractivity contribution in [2.45, 2.75) is 61.2 Å². The van der Waals surface area contributed by atoms with Crippen LogP contribution in [0.2, 0.25) is 0 Å². The van der Waals surface area contributed by atoms with Gasteiger partial charge in [-0.3, -0.25) is 19.2 Å². The number of rotatable bonds is 17. The highest BCUT2D eigenvalue weighted by molar-refractivity contribution is 7.80. The van der Waals surface area contributed by atoms with Crippen molar-refractivity contribution in [1.29, 1.82) is 0 Å². The van der Waals surface area contributed by atoms with Crippen LogP contribution >= 0.6 is 25.3 Å². The van der Waals surface area contributed by atoms with Crippen LogP contribution in [0.25, 0.3) is 0 Å². The minimum atomic E-state index is -0.112. The first-order chi connectivity index (χ1) is 24.6. The lowest BCUT2D eigenvalue weighted by atomic mass is 10.1. The van der Waals surface area contributed by atoms with E-state index in [4.69, 9.17) is 0 Å². The van der Waals surface area contributed by atoms with Crippen LogP contribution in [0.4, 0.5) is 17.1 Å². The number of nitrogens with one attached hydrogen (secondary N) is 4. The molecular weight excluding hydrogens is 679 g/mol. The summed E-state index contributed by atoms with van der Waals surface area (Å²) in [6.45, 7) is 1.19. The van der Waals surface area contributed by atoms with E-state index in [0.717, 1.165) is 55.6 Å². The van der Waals surface area contributed by atoms with Gasteiger partial charge in [0.25, 0.3) is 11.8 Å². The second-order valence-electron chi connectivity index (χ2n) is 12.1. The van der Waals surface area contributed by atoms with Crippen LogP contribution in [0.1, 0.15) is 72.1 Å². The summed E-state index contributed by atoms with van der Waals surface area (Å²) in [6, 6.07) is 31.6. The molecule has 270 valence electrons. The molecular formula is C40H49N5O4S2. The van der Waals surface area contributed by atoms with Gasteiger partial charge in [0.15, 0.2) is 0 Å². The predicted octanol–water partition coefficient (Wildman–Crippen LogP) is 7.87. The molecule has 51 heavy (non-hydrogen) atoms. The van der Waals surface area contributed by atoms with E-state index in [1.54, 1.807) is 24.3 Å². The first kappa shape index (κ1) is 40.7. The number of carbonyl (C=O) groups is 4. The lowest BCUT2D eigenvalue weighted by molar-refractivity contribution is -0.117. The summed E-state index contributed by atoms with van der Waals surface area (Å²) >= 11 is 8.56. The van der Waals surface area contributed by atoms with Crippen molar-refractivity contribution in [2.24, 2.45) is 0 Å². The molecule has 9 nitrogen and oxygen atoms in total. The number of benzene rings is 4. The van der Waals surface area contributed by atoms with Gasteiger partial charge in [0.05, 0.1) is 11.1 Å². The Labute approximate surface area is 312 Å². The molecule has 0 heterocycles. The standard InChI is InChI=1S/C21H27N3O2S.C19H22N2O2S/c1-24(2)17-13-11-16(12-14-17)23-20(25)10-4-3-7-15-22-21(26)18-8-5-6-9-19(18)27;22-18(21-15-9-3-1-4-10-15)13-5-2-8-14-20-19(23)16-11-6-7-12-17(16)24/h5-6,8-9,11-14,27H,3-4,7,10,15H2,1-2H3,(H,22,26)(H,23,25);1,3-4,6-7,9-12,24H,2,5,8,13-14H2,(H,20,23)(H,21,22). The van der Waals surface area contributed by atoms with E-state index < -0.39 is 0 Å². The number of hydrogen-bond donors (Lipinski definition) is 6. The number of unbranched alkanes of at least 4 members (excludes halogenated alkanes) is 4. The summed E-state index contributed by atoms with van der Waals surface area (Å²) in [4.78, 5) is 51.2. The van der Waals surface area contributed by atoms with Gasteiger partial charge in [-0.05, 0) is 86.3 Å². The molecule has 0 saturated heterocycles. The highest BCUT2D eigenvalue weighted by Crippen LogP contribution is 2.17. The first-order valence-corrected chi connectivity index (χ1v) is 18.1. The lowest BCUT2D eigenvalue weighted by Gasteiger charge is -2.13. The molecule has 4 rings (SSSR count). The van der Waals surface area contributed by atoms with Gasteiger partial charge in [-0.1, -0.05) is 55.3 Å². The van der Waals surface area contributed by atoms with Crippen molar-refractivity contribution < 1.29 is 19.2 Å². The predicted molar refractivity (Wildman–Crippen MR) is 213 cm³/mol. The number of hydrogen-bond acceptors (Lipinski definition) is 7. The Kier molecular flexibility index (Phi) is 18.2. The molecule has 11 heteroatoms. The molecule has 0 radical (unpaired) electrons. The number of carbonyl (C=O) groups excluding carboxylic acids is 4. The van der Waals surface area contributed by atoms with Crippen LogP contribution in [0.15, 0.2) is 113 Å². The van der Waals surface area contributed by atoms with Gasteiger partial charge in [0.2, 0.25) is 11.8 Å².